The number of hydrogen-bond acceptors (Lipinski definition) is 4. The van der Waals surface area contributed by atoms with Crippen molar-refractivity contribution in [1.82, 2.24) is 5.32 Å². The summed E-state index contributed by atoms with van der Waals surface area (Å²) in [5.41, 5.74) is 6.46. The SMILES string of the molecule is CSCC[C@H](NC(=O)c1ccc(COCc2ccccc2C)cc1-c1ccccc1C)C(=O)O.[LiH]. The van der Waals surface area contributed by atoms with E-state index < -0.39 is 12.0 Å². The van der Waals surface area contributed by atoms with E-state index in [-0.39, 0.29) is 24.8 Å². The van der Waals surface area contributed by atoms with Crippen molar-refractivity contribution in [3.05, 3.63) is 94.5 Å². The number of carbonyl (C=O) groups excluding carboxylic acids is 1. The molecule has 0 spiro atoms. The summed E-state index contributed by atoms with van der Waals surface area (Å²) >= 11 is 1.55. The van der Waals surface area contributed by atoms with Gasteiger partial charge in [-0.3, -0.25) is 4.79 Å². The van der Waals surface area contributed by atoms with Crippen molar-refractivity contribution in [2.45, 2.75) is 39.5 Å². The molecule has 0 aliphatic heterocycles. The van der Waals surface area contributed by atoms with E-state index in [1.165, 1.54) is 5.56 Å². The van der Waals surface area contributed by atoms with Crippen LogP contribution in [-0.2, 0) is 22.7 Å². The number of benzene rings is 3. The summed E-state index contributed by atoms with van der Waals surface area (Å²) in [7, 11) is 0. The van der Waals surface area contributed by atoms with Gasteiger partial charge < -0.3 is 15.2 Å². The van der Waals surface area contributed by atoms with Crippen LogP contribution >= 0.6 is 11.8 Å². The molecule has 1 amide bonds. The number of thioether (sulfide) groups is 1. The van der Waals surface area contributed by atoms with E-state index in [0.717, 1.165) is 27.8 Å². The second kappa shape index (κ2) is 14.2. The number of ether oxygens (including phenoxy) is 1. The molecule has 0 aliphatic rings. The predicted molar refractivity (Wildman–Crippen MR) is 145 cm³/mol. The summed E-state index contributed by atoms with van der Waals surface area (Å²) in [5.74, 6) is -0.765. The number of nitrogens with one attached hydrogen (secondary N) is 1. The molecule has 0 radical (unpaired) electrons. The Hall–Kier alpha value is -2.49. The Morgan fingerprint density at radius 1 is 0.943 bits per heavy atom. The average Bonchev–Trinajstić information content (AvgIpc) is 2.83. The fourth-order valence-electron chi connectivity index (χ4n) is 3.76. The third-order valence-corrected chi connectivity index (χ3v) is 6.41. The second-order valence-electron chi connectivity index (χ2n) is 8.26. The number of aryl methyl sites for hydroxylation is 2. The van der Waals surface area contributed by atoms with Gasteiger partial charge in [-0.15, -0.1) is 0 Å². The van der Waals surface area contributed by atoms with Crippen LogP contribution in [0.25, 0.3) is 11.1 Å². The zero-order valence-electron chi connectivity index (χ0n) is 19.8. The molecule has 3 aromatic carbocycles. The van der Waals surface area contributed by atoms with Crippen molar-refractivity contribution in [1.29, 1.82) is 0 Å². The second-order valence-corrected chi connectivity index (χ2v) is 9.25. The van der Waals surface area contributed by atoms with Crippen molar-refractivity contribution in [3.8, 4) is 11.1 Å². The van der Waals surface area contributed by atoms with Gasteiger partial charge in [0.1, 0.15) is 6.04 Å². The van der Waals surface area contributed by atoms with Gasteiger partial charge in [-0.05, 0) is 77.8 Å². The third kappa shape index (κ3) is 8.01. The van der Waals surface area contributed by atoms with Crippen LogP contribution in [0.3, 0.4) is 0 Å². The van der Waals surface area contributed by atoms with Gasteiger partial charge in [-0.1, -0.05) is 54.6 Å². The van der Waals surface area contributed by atoms with Crippen molar-refractivity contribution in [2.75, 3.05) is 12.0 Å². The number of carboxylic acids is 1. The van der Waals surface area contributed by atoms with Crippen LogP contribution < -0.4 is 5.32 Å². The summed E-state index contributed by atoms with van der Waals surface area (Å²) in [6.07, 6.45) is 2.28. The fourth-order valence-corrected chi connectivity index (χ4v) is 4.23. The maximum atomic E-state index is 13.2. The number of rotatable bonds is 11. The van der Waals surface area contributed by atoms with Crippen LogP contribution in [0, 0.1) is 13.8 Å². The molecule has 0 saturated carbocycles. The predicted octanol–water partition coefficient (Wildman–Crippen LogP) is 4.97. The van der Waals surface area contributed by atoms with Crippen LogP contribution in [0.4, 0.5) is 0 Å². The molecule has 2 N–H and O–H groups in total. The van der Waals surface area contributed by atoms with E-state index in [2.05, 4.69) is 24.4 Å². The number of carbonyl (C=O) groups is 2. The Bertz CT molecular complexity index is 1150. The molecule has 0 aliphatic carbocycles. The first-order valence-electron chi connectivity index (χ1n) is 11.2. The summed E-state index contributed by atoms with van der Waals surface area (Å²) in [4.78, 5) is 24.8. The van der Waals surface area contributed by atoms with Gasteiger partial charge in [0.05, 0.1) is 13.2 Å². The quantitative estimate of drug-likeness (QED) is 0.375. The molecule has 0 fully saturated rings. The van der Waals surface area contributed by atoms with Crippen LogP contribution in [0.5, 0.6) is 0 Å². The maximum absolute atomic E-state index is 13.2. The standard InChI is InChI=1S/C28H31NO4S.Li.H/c1-19-8-4-6-10-22(19)18-33-17-21-12-13-24(25(16-21)23-11-7-5-9-20(23)2)27(30)29-26(28(31)32)14-15-34-3;;/h4-13,16,26H,14-15,17-18H2,1-3H3,(H,29,30)(H,31,32);;/t26-;;/m0../s1. The average molecular weight is 486 g/mol. The van der Waals surface area contributed by atoms with E-state index in [4.69, 9.17) is 4.74 Å². The molecule has 5 nitrogen and oxygen atoms in total. The van der Waals surface area contributed by atoms with E-state index in [1.54, 1.807) is 17.8 Å². The minimum atomic E-state index is -1.03. The molecule has 0 heterocycles. The molecular formula is C28H32LiNO4S. The molecule has 0 saturated heterocycles. The Balaban J connectivity index is 0.00000432. The van der Waals surface area contributed by atoms with E-state index in [9.17, 15) is 14.7 Å². The molecule has 3 aromatic rings. The molecular weight excluding hydrogens is 453 g/mol. The summed E-state index contributed by atoms with van der Waals surface area (Å²) in [6.45, 7) is 4.97. The number of hydrogen-bond donors (Lipinski definition) is 2. The number of aliphatic carboxylic acids is 1. The topological polar surface area (TPSA) is 75.6 Å². The van der Waals surface area contributed by atoms with Gasteiger partial charge in [0.25, 0.3) is 5.91 Å². The number of amides is 1. The molecule has 0 aromatic heterocycles. The number of carboxylic acid groups (broad SMARTS) is 1. The van der Waals surface area contributed by atoms with Gasteiger partial charge >= 0.3 is 24.8 Å². The van der Waals surface area contributed by atoms with Crippen molar-refractivity contribution in [2.24, 2.45) is 0 Å². The van der Waals surface area contributed by atoms with E-state index >= 15 is 0 Å². The summed E-state index contributed by atoms with van der Waals surface area (Å²) in [5, 5.41) is 12.2. The first kappa shape index (κ1) is 28.7. The Morgan fingerprint density at radius 3 is 2.29 bits per heavy atom. The zero-order chi connectivity index (χ0) is 24.5. The summed E-state index contributed by atoms with van der Waals surface area (Å²) < 4.78 is 5.97. The van der Waals surface area contributed by atoms with Gasteiger partial charge in [0, 0.05) is 5.56 Å². The monoisotopic (exact) mass is 485 g/mol. The van der Waals surface area contributed by atoms with Gasteiger partial charge in [-0.2, -0.15) is 11.8 Å². The van der Waals surface area contributed by atoms with E-state index in [1.807, 2.05) is 61.7 Å². The first-order chi connectivity index (χ1) is 16.4. The fraction of sp³-hybridized carbons (Fsp3) is 0.286. The van der Waals surface area contributed by atoms with E-state index in [0.29, 0.717) is 31.0 Å². The zero-order valence-corrected chi connectivity index (χ0v) is 20.7. The molecule has 3 rings (SSSR count). The molecule has 1 atom stereocenters. The molecule has 35 heavy (non-hydrogen) atoms. The Labute approximate surface area is 223 Å². The molecule has 7 heteroatoms. The van der Waals surface area contributed by atoms with Gasteiger partial charge in [-0.25, -0.2) is 4.79 Å². The molecule has 180 valence electrons. The Morgan fingerprint density at radius 2 is 1.63 bits per heavy atom. The van der Waals surface area contributed by atoms with Gasteiger partial charge in [0.2, 0.25) is 0 Å². The molecule has 0 unspecified atom stereocenters. The Kier molecular flexibility index (Phi) is 11.6. The minimum absolute atomic E-state index is 0. The van der Waals surface area contributed by atoms with Crippen molar-refractivity contribution < 1.29 is 19.4 Å². The molecule has 0 bridgehead atoms. The van der Waals surface area contributed by atoms with Crippen LogP contribution in [0.15, 0.2) is 66.7 Å². The van der Waals surface area contributed by atoms with Crippen molar-refractivity contribution in [3.63, 3.8) is 0 Å². The van der Waals surface area contributed by atoms with Crippen LogP contribution in [-0.4, -0.2) is 53.9 Å². The van der Waals surface area contributed by atoms with Crippen LogP contribution in [0.1, 0.15) is 39.0 Å². The third-order valence-electron chi connectivity index (χ3n) is 5.77. The van der Waals surface area contributed by atoms with Crippen LogP contribution in [0.2, 0.25) is 0 Å². The van der Waals surface area contributed by atoms with Crippen molar-refractivity contribution >= 4 is 42.5 Å². The normalized spacial score (nSPS) is 11.4. The first-order valence-corrected chi connectivity index (χ1v) is 12.6. The summed E-state index contributed by atoms with van der Waals surface area (Å²) in [6, 6.07) is 20.6. The van der Waals surface area contributed by atoms with Gasteiger partial charge in [0.15, 0.2) is 0 Å².